The molecule has 1 heterocycles. The lowest BCUT2D eigenvalue weighted by atomic mass is 10.2. The summed E-state index contributed by atoms with van der Waals surface area (Å²) in [5, 5.41) is 15.2. The van der Waals surface area contributed by atoms with Crippen molar-refractivity contribution in [3.8, 4) is 0 Å². The molecular formula is C16H19N3O3. The first kappa shape index (κ1) is 15.8. The molecule has 0 fully saturated rings. The molecule has 2 aromatic rings. The fourth-order valence-electron chi connectivity index (χ4n) is 1.99. The van der Waals surface area contributed by atoms with Gasteiger partial charge >= 0.3 is 6.03 Å². The predicted molar refractivity (Wildman–Crippen MR) is 84.9 cm³/mol. The number of amides is 2. The van der Waals surface area contributed by atoms with Crippen LogP contribution < -0.4 is 16.2 Å². The van der Waals surface area contributed by atoms with E-state index in [1.54, 1.807) is 24.4 Å². The Balaban J connectivity index is 1.82. The summed E-state index contributed by atoms with van der Waals surface area (Å²) in [6, 6.07) is 11.8. The average Bonchev–Trinajstić information content (AvgIpc) is 2.50. The second-order valence-electron chi connectivity index (χ2n) is 5.00. The first-order valence-electron chi connectivity index (χ1n) is 7.00. The van der Waals surface area contributed by atoms with Crippen LogP contribution in [0.3, 0.4) is 0 Å². The zero-order chi connectivity index (χ0) is 15.9. The van der Waals surface area contributed by atoms with Gasteiger partial charge in [-0.25, -0.2) is 4.79 Å². The quantitative estimate of drug-likeness (QED) is 0.779. The molecule has 6 nitrogen and oxygen atoms in total. The molecule has 2 amide bonds. The van der Waals surface area contributed by atoms with E-state index in [2.05, 4.69) is 10.6 Å². The zero-order valence-electron chi connectivity index (χ0n) is 12.3. The van der Waals surface area contributed by atoms with E-state index in [1.165, 1.54) is 10.6 Å². The summed E-state index contributed by atoms with van der Waals surface area (Å²) in [4.78, 5) is 23.3. The van der Waals surface area contributed by atoms with E-state index >= 15 is 0 Å². The molecule has 116 valence electrons. The Labute approximate surface area is 128 Å². The molecule has 1 atom stereocenters. The largest absolute Gasteiger partial charge is 0.389 e. The third-order valence-corrected chi connectivity index (χ3v) is 3.20. The number of carbonyl (C=O) groups excluding carboxylic acids is 1. The number of para-hydroxylation sites is 1. The number of aliphatic hydroxyl groups excluding tert-OH is 1. The molecule has 0 aliphatic rings. The van der Waals surface area contributed by atoms with Crippen LogP contribution in [-0.2, 0) is 6.54 Å². The lowest BCUT2D eigenvalue weighted by Gasteiger charge is -2.14. The highest BCUT2D eigenvalue weighted by molar-refractivity contribution is 5.89. The standard InChI is InChI=1S/C16H19N3O3/c1-12-6-2-3-7-14(12)18-16(22)17-10-13(20)11-19-9-5-4-8-15(19)21/h2-9,13,20H,10-11H2,1H3,(H2,17,18,22). The number of nitrogens with zero attached hydrogens (tertiary/aromatic N) is 1. The second kappa shape index (κ2) is 7.42. The van der Waals surface area contributed by atoms with E-state index in [0.717, 1.165) is 5.56 Å². The van der Waals surface area contributed by atoms with Crippen molar-refractivity contribution in [3.63, 3.8) is 0 Å². The van der Waals surface area contributed by atoms with Crippen molar-refractivity contribution in [3.05, 3.63) is 64.6 Å². The van der Waals surface area contributed by atoms with Crippen LogP contribution in [0, 0.1) is 6.92 Å². The van der Waals surface area contributed by atoms with E-state index < -0.39 is 12.1 Å². The predicted octanol–water partition coefficient (Wildman–Crippen LogP) is 1.34. The highest BCUT2D eigenvalue weighted by Crippen LogP contribution is 2.12. The number of pyridine rings is 1. The number of aromatic nitrogens is 1. The van der Waals surface area contributed by atoms with Gasteiger partial charge in [-0.2, -0.15) is 0 Å². The minimum absolute atomic E-state index is 0.0546. The minimum Gasteiger partial charge on any atom is -0.389 e. The molecule has 0 radical (unpaired) electrons. The van der Waals surface area contributed by atoms with E-state index in [0.29, 0.717) is 5.69 Å². The normalized spacial score (nSPS) is 11.7. The van der Waals surface area contributed by atoms with Crippen LogP contribution in [0.1, 0.15) is 5.56 Å². The van der Waals surface area contributed by atoms with Gasteiger partial charge in [0.2, 0.25) is 0 Å². The van der Waals surface area contributed by atoms with Gasteiger partial charge < -0.3 is 20.3 Å². The minimum atomic E-state index is -0.845. The molecule has 0 saturated carbocycles. The smallest absolute Gasteiger partial charge is 0.319 e. The fraction of sp³-hybridized carbons (Fsp3) is 0.250. The molecule has 3 N–H and O–H groups in total. The molecular weight excluding hydrogens is 282 g/mol. The number of hydrogen-bond donors (Lipinski definition) is 3. The van der Waals surface area contributed by atoms with Gasteiger partial charge in [0.25, 0.3) is 5.56 Å². The Kier molecular flexibility index (Phi) is 5.32. The van der Waals surface area contributed by atoms with Gasteiger partial charge in [0, 0.05) is 24.5 Å². The average molecular weight is 301 g/mol. The molecule has 0 saturated heterocycles. The van der Waals surface area contributed by atoms with E-state index in [9.17, 15) is 14.7 Å². The first-order chi connectivity index (χ1) is 10.6. The Morgan fingerprint density at radius 2 is 1.95 bits per heavy atom. The monoisotopic (exact) mass is 301 g/mol. The molecule has 22 heavy (non-hydrogen) atoms. The van der Waals surface area contributed by atoms with E-state index in [1.807, 2.05) is 25.1 Å². The van der Waals surface area contributed by atoms with Crippen molar-refractivity contribution >= 4 is 11.7 Å². The number of benzene rings is 1. The number of carbonyl (C=O) groups is 1. The maximum absolute atomic E-state index is 11.8. The summed E-state index contributed by atoms with van der Waals surface area (Å²) in [6.45, 7) is 2.08. The van der Waals surface area contributed by atoms with Crippen molar-refractivity contribution < 1.29 is 9.90 Å². The molecule has 1 aromatic heterocycles. The van der Waals surface area contributed by atoms with Gasteiger partial charge in [0.05, 0.1) is 12.6 Å². The summed E-state index contributed by atoms with van der Waals surface area (Å²) in [7, 11) is 0. The number of urea groups is 1. The van der Waals surface area contributed by atoms with Crippen LogP contribution in [-0.4, -0.2) is 28.4 Å². The number of nitrogens with one attached hydrogen (secondary N) is 2. The number of anilines is 1. The first-order valence-corrected chi connectivity index (χ1v) is 7.00. The summed E-state index contributed by atoms with van der Waals surface area (Å²) in [5.74, 6) is 0. The number of hydrogen-bond acceptors (Lipinski definition) is 3. The second-order valence-corrected chi connectivity index (χ2v) is 5.00. The van der Waals surface area contributed by atoms with Gasteiger partial charge in [-0.05, 0) is 24.6 Å². The van der Waals surface area contributed by atoms with Gasteiger partial charge in [-0.15, -0.1) is 0 Å². The lowest BCUT2D eigenvalue weighted by Crippen LogP contribution is -2.38. The molecule has 0 aliphatic heterocycles. The van der Waals surface area contributed by atoms with E-state index in [-0.39, 0.29) is 18.6 Å². The van der Waals surface area contributed by atoms with Crippen LogP contribution in [0.25, 0.3) is 0 Å². The summed E-state index contributed by atoms with van der Waals surface area (Å²) in [5.41, 5.74) is 1.48. The molecule has 0 bridgehead atoms. The Bertz CT molecular complexity index is 697. The topological polar surface area (TPSA) is 83.4 Å². The zero-order valence-corrected chi connectivity index (χ0v) is 12.3. The van der Waals surface area contributed by atoms with Crippen LogP contribution in [0.4, 0.5) is 10.5 Å². The SMILES string of the molecule is Cc1ccccc1NC(=O)NCC(O)Cn1ccccc1=O. The maximum atomic E-state index is 11.8. The molecule has 0 spiro atoms. The van der Waals surface area contributed by atoms with Crippen molar-refractivity contribution in [1.29, 1.82) is 0 Å². The van der Waals surface area contributed by atoms with Gasteiger partial charge in [0.1, 0.15) is 0 Å². The molecule has 0 aliphatic carbocycles. The Morgan fingerprint density at radius 1 is 1.23 bits per heavy atom. The molecule has 2 rings (SSSR count). The van der Waals surface area contributed by atoms with Crippen LogP contribution in [0.15, 0.2) is 53.5 Å². The Hall–Kier alpha value is -2.60. The number of aliphatic hydroxyl groups is 1. The number of rotatable bonds is 5. The molecule has 1 aromatic carbocycles. The fourth-order valence-corrected chi connectivity index (χ4v) is 1.99. The van der Waals surface area contributed by atoms with Gasteiger partial charge in [0.15, 0.2) is 0 Å². The van der Waals surface area contributed by atoms with Gasteiger partial charge in [-0.3, -0.25) is 4.79 Å². The third-order valence-electron chi connectivity index (χ3n) is 3.20. The van der Waals surface area contributed by atoms with Crippen molar-refractivity contribution in [2.45, 2.75) is 19.6 Å². The van der Waals surface area contributed by atoms with Crippen molar-refractivity contribution in [2.75, 3.05) is 11.9 Å². The lowest BCUT2D eigenvalue weighted by molar-refractivity contribution is 0.151. The summed E-state index contributed by atoms with van der Waals surface area (Å²) in [6.07, 6.45) is 0.751. The molecule has 1 unspecified atom stereocenters. The summed E-state index contributed by atoms with van der Waals surface area (Å²) < 4.78 is 1.39. The number of aryl methyl sites for hydroxylation is 1. The highest BCUT2D eigenvalue weighted by atomic mass is 16.3. The van der Waals surface area contributed by atoms with E-state index in [4.69, 9.17) is 0 Å². The van der Waals surface area contributed by atoms with Crippen molar-refractivity contribution in [1.82, 2.24) is 9.88 Å². The summed E-state index contributed by atoms with van der Waals surface area (Å²) >= 11 is 0. The van der Waals surface area contributed by atoms with Gasteiger partial charge in [-0.1, -0.05) is 24.3 Å². The molecule has 6 heteroatoms. The van der Waals surface area contributed by atoms with Crippen molar-refractivity contribution in [2.24, 2.45) is 0 Å². The van der Waals surface area contributed by atoms with Crippen LogP contribution in [0.2, 0.25) is 0 Å². The van der Waals surface area contributed by atoms with Crippen LogP contribution >= 0.6 is 0 Å². The maximum Gasteiger partial charge on any atom is 0.319 e. The highest BCUT2D eigenvalue weighted by Gasteiger charge is 2.09. The third kappa shape index (κ3) is 4.46. The van der Waals surface area contributed by atoms with Crippen LogP contribution in [0.5, 0.6) is 0 Å². The Morgan fingerprint density at radius 3 is 2.68 bits per heavy atom.